The minimum atomic E-state index is 0.387. The van der Waals surface area contributed by atoms with Gasteiger partial charge in [0.25, 0.3) is 0 Å². The first-order valence-electron chi connectivity index (χ1n) is 8.76. The molecule has 0 fully saturated rings. The summed E-state index contributed by atoms with van der Waals surface area (Å²) in [4.78, 5) is 7.70. The van der Waals surface area contributed by atoms with Gasteiger partial charge in [-0.15, -0.1) is 0 Å². The van der Waals surface area contributed by atoms with Crippen LogP contribution in [0.5, 0.6) is 5.75 Å². The highest BCUT2D eigenvalue weighted by molar-refractivity contribution is 6.30. The molecule has 0 saturated heterocycles. The van der Waals surface area contributed by atoms with Gasteiger partial charge in [0.1, 0.15) is 24.3 Å². The normalized spacial score (nSPS) is 11.4. The van der Waals surface area contributed by atoms with Crippen LogP contribution < -0.4 is 4.74 Å². The first kappa shape index (κ1) is 17.8. The van der Waals surface area contributed by atoms with Crippen LogP contribution in [0.25, 0.3) is 22.7 Å². The fourth-order valence-corrected chi connectivity index (χ4v) is 3.12. The number of aromatic nitrogens is 2. The molecule has 1 N–H and O–H groups in total. The first-order chi connectivity index (χ1) is 13.7. The lowest BCUT2D eigenvalue weighted by atomic mass is 10.1. The Morgan fingerprint density at radius 1 is 1.07 bits per heavy atom. The van der Waals surface area contributed by atoms with E-state index in [2.05, 4.69) is 16.0 Å². The molecule has 5 heteroatoms. The highest BCUT2D eigenvalue weighted by Crippen LogP contribution is 2.25. The minimum absolute atomic E-state index is 0.387. The number of ether oxygens (including phenoxy) is 1. The van der Waals surface area contributed by atoms with E-state index in [1.807, 2.05) is 72.8 Å². The molecule has 0 saturated carbocycles. The fraction of sp³-hybridized carbons (Fsp3) is 0.0435. The van der Waals surface area contributed by atoms with E-state index in [1.54, 1.807) is 6.08 Å². The Bertz CT molecular complexity index is 1170. The maximum Gasteiger partial charge on any atom is 0.149 e. The van der Waals surface area contributed by atoms with E-state index in [0.29, 0.717) is 28.8 Å². The second-order valence-corrected chi connectivity index (χ2v) is 6.67. The zero-order chi connectivity index (χ0) is 19.3. The number of hydrogen-bond donors (Lipinski definition) is 1. The lowest BCUT2D eigenvalue weighted by Crippen LogP contribution is -1.97. The maximum absolute atomic E-state index is 9.66. The van der Waals surface area contributed by atoms with Crippen LogP contribution in [-0.2, 0) is 6.61 Å². The summed E-state index contributed by atoms with van der Waals surface area (Å²) in [5.74, 6) is 1.22. The second kappa shape index (κ2) is 7.99. The SMILES string of the molecule is N#CC(=Cc1ccccc1OCc1cccc(Cl)c1)c1nc2ccccc2[nH]1. The van der Waals surface area contributed by atoms with Crippen molar-refractivity contribution in [3.05, 3.63) is 94.8 Å². The Hall–Kier alpha value is -3.55. The molecule has 0 aliphatic carbocycles. The lowest BCUT2D eigenvalue weighted by molar-refractivity contribution is 0.305. The molecule has 28 heavy (non-hydrogen) atoms. The van der Waals surface area contributed by atoms with Crippen molar-refractivity contribution in [3.8, 4) is 11.8 Å². The number of hydrogen-bond acceptors (Lipinski definition) is 3. The van der Waals surface area contributed by atoms with Gasteiger partial charge in [-0.3, -0.25) is 0 Å². The Labute approximate surface area is 167 Å². The number of rotatable bonds is 5. The van der Waals surface area contributed by atoms with Gasteiger partial charge in [0.2, 0.25) is 0 Å². The molecule has 1 heterocycles. The molecular formula is C23H16ClN3O. The summed E-state index contributed by atoms with van der Waals surface area (Å²) in [5.41, 5.74) is 3.94. The third kappa shape index (κ3) is 3.90. The first-order valence-corrected chi connectivity index (χ1v) is 9.14. The highest BCUT2D eigenvalue weighted by atomic mass is 35.5. The van der Waals surface area contributed by atoms with Gasteiger partial charge in [0, 0.05) is 10.6 Å². The number of H-pyrrole nitrogens is 1. The van der Waals surface area contributed by atoms with Gasteiger partial charge in [-0.05, 0) is 42.0 Å². The number of halogens is 1. The average Bonchev–Trinajstić information content (AvgIpc) is 3.15. The molecule has 4 rings (SSSR count). The van der Waals surface area contributed by atoms with Crippen LogP contribution in [0.2, 0.25) is 5.02 Å². The van der Waals surface area contributed by atoms with Crippen LogP contribution in [0.15, 0.2) is 72.8 Å². The number of fused-ring (bicyclic) bond motifs is 1. The molecular weight excluding hydrogens is 370 g/mol. The zero-order valence-corrected chi connectivity index (χ0v) is 15.6. The summed E-state index contributed by atoms with van der Waals surface area (Å²) in [6, 6.07) is 25.1. The van der Waals surface area contributed by atoms with Crippen LogP contribution in [0.3, 0.4) is 0 Å². The lowest BCUT2D eigenvalue weighted by Gasteiger charge is -2.10. The molecule has 1 aromatic heterocycles. The molecule has 0 radical (unpaired) electrons. The second-order valence-electron chi connectivity index (χ2n) is 6.23. The van der Waals surface area contributed by atoms with E-state index in [-0.39, 0.29) is 0 Å². The maximum atomic E-state index is 9.66. The van der Waals surface area contributed by atoms with Crippen molar-refractivity contribution < 1.29 is 4.74 Å². The molecule has 0 atom stereocenters. The molecule has 4 aromatic rings. The van der Waals surface area contributed by atoms with Crippen molar-refractivity contribution in [1.82, 2.24) is 9.97 Å². The quantitative estimate of drug-likeness (QED) is 0.437. The number of nitrogens with one attached hydrogen (secondary N) is 1. The van der Waals surface area contributed by atoms with E-state index >= 15 is 0 Å². The van der Waals surface area contributed by atoms with Gasteiger partial charge in [-0.1, -0.05) is 54.1 Å². The van der Waals surface area contributed by atoms with Gasteiger partial charge in [0.15, 0.2) is 0 Å². The predicted molar refractivity (Wildman–Crippen MR) is 112 cm³/mol. The number of nitrogens with zero attached hydrogens (tertiary/aromatic N) is 2. The van der Waals surface area contributed by atoms with E-state index in [0.717, 1.165) is 22.2 Å². The number of imidazole rings is 1. The summed E-state index contributed by atoms with van der Waals surface area (Å²) in [5, 5.41) is 10.3. The molecule has 0 spiro atoms. The van der Waals surface area contributed by atoms with Gasteiger partial charge < -0.3 is 9.72 Å². The Kier molecular flexibility index (Phi) is 5.09. The van der Waals surface area contributed by atoms with Crippen LogP contribution in [0.4, 0.5) is 0 Å². The summed E-state index contributed by atoms with van der Waals surface area (Å²) in [7, 11) is 0. The summed E-state index contributed by atoms with van der Waals surface area (Å²) >= 11 is 6.04. The molecule has 136 valence electrons. The zero-order valence-electron chi connectivity index (χ0n) is 14.9. The predicted octanol–water partition coefficient (Wildman–Crippen LogP) is 5.86. The van der Waals surface area contributed by atoms with Crippen molar-refractivity contribution in [3.63, 3.8) is 0 Å². The fourth-order valence-electron chi connectivity index (χ4n) is 2.91. The summed E-state index contributed by atoms with van der Waals surface area (Å²) in [6.07, 6.45) is 1.78. The van der Waals surface area contributed by atoms with Gasteiger partial charge in [0.05, 0.1) is 16.6 Å². The number of benzene rings is 3. The molecule has 4 nitrogen and oxygen atoms in total. The van der Waals surface area contributed by atoms with Gasteiger partial charge in [-0.25, -0.2) is 4.98 Å². The third-order valence-corrected chi connectivity index (χ3v) is 4.50. The van der Waals surface area contributed by atoms with Crippen LogP contribution in [0, 0.1) is 11.3 Å². The van der Waals surface area contributed by atoms with E-state index in [4.69, 9.17) is 16.3 Å². The topological polar surface area (TPSA) is 61.7 Å². The smallest absolute Gasteiger partial charge is 0.149 e. The van der Waals surface area contributed by atoms with E-state index < -0.39 is 0 Å². The Morgan fingerprint density at radius 3 is 2.71 bits per heavy atom. The molecule has 0 aliphatic heterocycles. The molecule has 0 amide bonds. The number of allylic oxidation sites excluding steroid dienone is 1. The van der Waals surface area contributed by atoms with Crippen molar-refractivity contribution in [2.24, 2.45) is 0 Å². The Balaban J connectivity index is 1.63. The van der Waals surface area contributed by atoms with Crippen LogP contribution in [0.1, 0.15) is 17.0 Å². The summed E-state index contributed by atoms with van der Waals surface area (Å²) in [6.45, 7) is 0.387. The molecule has 0 unspecified atom stereocenters. The summed E-state index contributed by atoms with van der Waals surface area (Å²) < 4.78 is 5.98. The third-order valence-electron chi connectivity index (χ3n) is 4.27. The van der Waals surface area contributed by atoms with Crippen LogP contribution in [-0.4, -0.2) is 9.97 Å². The minimum Gasteiger partial charge on any atom is -0.488 e. The number of aromatic amines is 1. The molecule has 3 aromatic carbocycles. The van der Waals surface area contributed by atoms with E-state index in [9.17, 15) is 5.26 Å². The number of para-hydroxylation sites is 3. The molecule has 0 aliphatic rings. The Morgan fingerprint density at radius 2 is 1.89 bits per heavy atom. The van der Waals surface area contributed by atoms with E-state index in [1.165, 1.54) is 0 Å². The standard InChI is InChI=1S/C23H16ClN3O/c24-19-8-5-6-16(12-19)15-28-22-11-4-1-7-17(22)13-18(14-25)23-26-20-9-2-3-10-21(20)27-23/h1-13H,15H2,(H,26,27). The largest absolute Gasteiger partial charge is 0.488 e. The monoisotopic (exact) mass is 385 g/mol. The number of nitriles is 1. The van der Waals surface area contributed by atoms with Gasteiger partial charge >= 0.3 is 0 Å². The van der Waals surface area contributed by atoms with Crippen molar-refractivity contribution in [2.75, 3.05) is 0 Å². The van der Waals surface area contributed by atoms with Crippen molar-refractivity contribution in [1.29, 1.82) is 5.26 Å². The van der Waals surface area contributed by atoms with Crippen molar-refractivity contribution in [2.45, 2.75) is 6.61 Å². The molecule has 0 bridgehead atoms. The average molecular weight is 386 g/mol. The van der Waals surface area contributed by atoms with Crippen molar-refractivity contribution >= 4 is 34.3 Å². The van der Waals surface area contributed by atoms with Gasteiger partial charge in [-0.2, -0.15) is 5.26 Å². The highest BCUT2D eigenvalue weighted by Gasteiger charge is 2.10. The van der Waals surface area contributed by atoms with Crippen LogP contribution >= 0.6 is 11.6 Å².